The second-order valence-electron chi connectivity index (χ2n) is 1.98. The largest absolute Gasteiger partial charge is 0.329 e. The van der Waals surface area contributed by atoms with Crippen LogP contribution in [0.25, 0.3) is 0 Å². The molecular formula is C6H14ClN. The fraction of sp³-hybridized carbons (Fsp3) is 1.00. The van der Waals surface area contributed by atoms with E-state index in [1.54, 1.807) is 0 Å². The van der Waals surface area contributed by atoms with Crippen LogP contribution in [-0.4, -0.2) is 11.9 Å². The normalized spacial score (nSPS) is 13.9. The average Bonchev–Trinajstić information content (AvgIpc) is 1.83. The van der Waals surface area contributed by atoms with Gasteiger partial charge in [0.25, 0.3) is 0 Å². The predicted molar refractivity (Wildman–Crippen MR) is 38.2 cm³/mol. The first-order valence-electron chi connectivity index (χ1n) is 3.15. The van der Waals surface area contributed by atoms with Crippen LogP contribution in [-0.2, 0) is 0 Å². The smallest absolute Gasteiger partial charge is 0.0458 e. The third-order valence-corrected chi connectivity index (χ3v) is 1.52. The Morgan fingerprint density at radius 3 is 2.62 bits per heavy atom. The molecule has 0 aromatic rings. The molecule has 1 unspecified atom stereocenters. The van der Waals surface area contributed by atoms with E-state index in [0.717, 1.165) is 6.42 Å². The summed E-state index contributed by atoms with van der Waals surface area (Å²) in [6.07, 6.45) is 3.48. The summed E-state index contributed by atoms with van der Waals surface area (Å²) in [7, 11) is 0. The molecule has 0 aliphatic rings. The van der Waals surface area contributed by atoms with Gasteiger partial charge in [0.15, 0.2) is 0 Å². The van der Waals surface area contributed by atoms with E-state index in [1.165, 1.54) is 12.8 Å². The van der Waals surface area contributed by atoms with Crippen LogP contribution in [0.4, 0.5) is 0 Å². The lowest BCUT2D eigenvalue weighted by atomic mass is 10.2. The minimum atomic E-state index is 0.204. The summed E-state index contributed by atoms with van der Waals surface area (Å²) in [5.41, 5.74) is 5.28. The van der Waals surface area contributed by atoms with Gasteiger partial charge in [0.05, 0.1) is 0 Å². The molecule has 0 aromatic heterocycles. The zero-order valence-electron chi connectivity index (χ0n) is 5.36. The summed E-state index contributed by atoms with van der Waals surface area (Å²) in [4.78, 5) is 0. The van der Waals surface area contributed by atoms with Gasteiger partial charge in [-0.3, -0.25) is 0 Å². The van der Waals surface area contributed by atoms with Gasteiger partial charge in [-0.15, -0.1) is 11.6 Å². The number of halogens is 1. The molecule has 0 aromatic carbocycles. The summed E-state index contributed by atoms with van der Waals surface area (Å²) in [6, 6.07) is 0. The van der Waals surface area contributed by atoms with E-state index >= 15 is 0 Å². The lowest BCUT2D eigenvalue weighted by Gasteiger charge is -2.02. The number of hydrogen-bond acceptors (Lipinski definition) is 1. The maximum Gasteiger partial charge on any atom is 0.0458 e. The van der Waals surface area contributed by atoms with Gasteiger partial charge in [0, 0.05) is 11.9 Å². The Labute approximate surface area is 56.2 Å². The monoisotopic (exact) mass is 135 g/mol. The Hall–Kier alpha value is 0.250. The highest BCUT2D eigenvalue weighted by molar-refractivity contribution is 6.20. The molecule has 8 heavy (non-hydrogen) atoms. The molecule has 0 fully saturated rings. The van der Waals surface area contributed by atoms with Gasteiger partial charge in [-0.05, 0) is 6.42 Å². The van der Waals surface area contributed by atoms with Crippen LogP contribution in [0, 0.1) is 0 Å². The van der Waals surface area contributed by atoms with Crippen molar-refractivity contribution in [2.75, 3.05) is 6.54 Å². The maximum atomic E-state index is 5.72. The Balaban J connectivity index is 2.86. The molecular weight excluding hydrogens is 122 g/mol. The van der Waals surface area contributed by atoms with Crippen molar-refractivity contribution in [3.8, 4) is 0 Å². The molecule has 0 saturated carbocycles. The van der Waals surface area contributed by atoms with Gasteiger partial charge in [0.2, 0.25) is 0 Å². The molecule has 1 atom stereocenters. The van der Waals surface area contributed by atoms with Crippen LogP contribution in [0.1, 0.15) is 26.2 Å². The number of hydrogen-bond donors (Lipinski definition) is 1. The molecule has 50 valence electrons. The molecule has 0 bridgehead atoms. The molecule has 0 amide bonds. The Kier molecular flexibility index (Phi) is 5.56. The van der Waals surface area contributed by atoms with Crippen molar-refractivity contribution in [3.05, 3.63) is 0 Å². The van der Waals surface area contributed by atoms with E-state index < -0.39 is 0 Å². The highest BCUT2D eigenvalue weighted by Gasteiger charge is 1.97. The van der Waals surface area contributed by atoms with Crippen molar-refractivity contribution in [3.63, 3.8) is 0 Å². The van der Waals surface area contributed by atoms with E-state index in [2.05, 4.69) is 6.92 Å². The van der Waals surface area contributed by atoms with Crippen molar-refractivity contribution < 1.29 is 0 Å². The number of alkyl halides is 1. The zero-order chi connectivity index (χ0) is 6.41. The van der Waals surface area contributed by atoms with Crippen LogP contribution < -0.4 is 5.73 Å². The number of unbranched alkanes of at least 4 members (excludes halogenated alkanes) is 1. The third kappa shape index (κ3) is 4.41. The summed E-state index contributed by atoms with van der Waals surface area (Å²) in [5, 5.41) is 0.204. The van der Waals surface area contributed by atoms with Gasteiger partial charge in [0.1, 0.15) is 0 Å². The quantitative estimate of drug-likeness (QED) is 0.584. The van der Waals surface area contributed by atoms with E-state index in [0.29, 0.717) is 6.54 Å². The summed E-state index contributed by atoms with van der Waals surface area (Å²) in [5.74, 6) is 0. The fourth-order valence-electron chi connectivity index (χ4n) is 0.543. The topological polar surface area (TPSA) is 26.0 Å². The molecule has 2 N–H and O–H groups in total. The van der Waals surface area contributed by atoms with E-state index in [1.807, 2.05) is 0 Å². The van der Waals surface area contributed by atoms with Crippen LogP contribution in [0.15, 0.2) is 0 Å². The highest BCUT2D eigenvalue weighted by atomic mass is 35.5. The van der Waals surface area contributed by atoms with Gasteiger partial charge >= 0.3 is 0 Å². The Morgan fingerprint density at radius 2 is 2.25 bits per heavy atom. The molecule has 0 aliphatic heterocycles. The molecule has 1 nitrogen and oxygen atoms in total. The highest BCUT2D eigenvalue weighted by Crippen LogP contribution is 2.04. The molecule has 0 aliphatic carbocycles. The molecule has 0 heterocycles. The summed E-state index contributed by atoms with van der Waals surface area (Å²) >= 11 is 5.72. The van der Waals surface area contributed by atoms with Gasteiger partial charge in [-0.1, -0.05) is 19.8 Å². The fourth-order valence-corrected chi connectivity index (χ4v) is 0.698. The van der Waals surface area contributed by atoms with Crippen LogP contribution in [0.3, 0.4) is 0 Å². The Morgan fingerprint density at radius 1 is 1.62 bits per heavy atom. The first kappa shape index (κ1) is 8.25. The molecule has 0 saturated heterocycles. The van der Waals surface area contributed by atoms with Crippen molar-refractivity contribution in [1.82, 2.24) is 0 Å². The van der Waals surface area contributed by atoms with Crippen LogP contribution >= 0.6 is 11.6 Å². The summed E-state index contributed by atoms with van der Waals surface area (Å²) in [6.45, 7) is 2.77. The predicted octanol–water partition coefficient (Wildman–Crippen LogP) is 1.74. The van der Waals surface area contributed by atoms with E-state index in [9.17, 15) is 0 Å². The molecule has 0 spiro atoms. The zero-order valence-corrected chi connectivity index (χ0v) is 6.12. The van der Waals surface area contributed by atoms with E-state index in [-0.39, 0.29) is 5.38 Å². The van der Waals surface area contributed by atoms with Crippen LogP contribution in [0.5, 0.6) is 0 Å². The van der Waals surface area contributed by atoms with Crippen LogP contribution in [0.2, 0.25) is 0 Å². The van der Waals surface area contributed by atoms with Crippen molar-refractivity contribution in [2.24, 2.45) is 5.73 Å². The number of rotatable bonds is 4. The van der Waals surface area contributed by atoms with Crippen molar-refractivity contribution >= 4 is 11.6 Å². The summed E-state index contributed by atoms with van der Waals surface area (Å²) < 4.78 is 0. The van der Waals surface area contributed by atoms with Gasteiger partial charge in [-0.2, -0.15) is 0 Å². The minimum Gasteiger partial charge on any atom is -0.329 e. The lowest BCUT2D eigenvalue weighted by molar-refractivity contribution is 0.681. The first-order chi connectivity index (χ1) is 3.81. The lowest BCUT2D eigenvalue weighted by Crippen LogP contribution is -2.13. The second-order valence-corrected chi connectivity index (χ2v) is 2.59. The standard InChI is InChI=1S/C6H14ClN/c1-2-3-4-6(7)5-8/h6H,2-5,8H2,1H3. The molecule has 2 heteroatoms. The van der Waals surface area contributed by atoms with Crippen molar-refractivity contribution in [2.45, 2.75) is 31.6 Å². The Bertz CT molecular complexity index is 47.8. The van der Waals surface area contributed by atoms with Crippen molar-refractivity contribution in [1.29, 1.82) is 0 Å². The third-order valence-electron chi connectivity index (χ3n) is 1.13. The first-order valence-corrected chi connectivity index (χ1v) is 3.59. The average molecular weight is 136 g/mol. The number of nitrogens with two attached hydrogens (primary N) is 1. The molecule has 0 radical (unpaired) electrons. The molecule has 0 rings (SSSR count). The second kappa shape index (κ2) is 5.39. The minimum absolute atomic E-state index is 0.204. The SMILES string of the molecule is CCCCC(Cl)CN. The van der Waals surface area contributed by atoms with E-state index in [4.69, 9.17) is 17.3 Å². The van der Waals surface area contributed by atoms with Gasteiger partial charge in [-0.25, -0.2) is 0 Å². The maximum absolute atomic E-state index is 5.72. The van der Waals surface area contributed by atoms with Gasteiger partial charge < -0.3 is 5.73 Å².